The second kappa shape index (κ2) is 3.11. The molecule has 0 amide bonds. The monoisotopic (exact) mass is 186 g/mol. The predicted molar refractivity (Wildman–Crippen MR) is 43.5 cm³/mol. The topological polar surface area (TPSA) is 107 Å². The van der Waals surface area contributed by atoms with Crippen molar-refractivity contribution in [1.29, 1.82) is 0 Å². The van der Waals surface area contributed by atoms with Gasteiger partial charge in [-0.3, -0.25) is 4.84 Å². The van der Waals surface area contributed by atoms with Crippen LogP contribution in [0.1, 0.15) is 19.5 Å². The minimum absolute atomic E-state index is 0.180. The van der Waals surface area contributed by atoms with E-state index in [-0.39, 0.29) is 5.82 Å². The van der Waals surface area contributed by atoms with Gasteiger partial charge in [-0.05, 0) is 18.8 Å². The van der Waals surface area contributed by atoms with Crippen molar-refractivity contribution in [2.75, 3.05) is 0 Å². The van der Waals surface area contributed by atoms with E-state index in [2.05, 4.69) is 15.0 Å². The van der Waals surface area contributed by atoms with Crippen LogP contribution in [0.5, 0.6) is 0 Å². The molecule has 13 heavy (non-hydrogen) atoms. The number of nitro groups is 1. The molecule has 0 fully saturated rings. The number of nitrogens with one attached hydrogen (secondary N) is 1. The highest BCUT2D eigenvalue weighted by Crippen LogP contribution is 2.23. The Balaban J connectivity index is 2.98. The first-order chi connectivity index (χ1) is 5.97. The van der Waals surface area contributed by atoms with Gasteiger partial charge in [0.2, 0.25) is 0 Å². The van der Waals surface area contributed by atoms with Crippen LogP contribution in [0.2, 0.25) is 0 Å². The zero-order valence-corrected chi connectivity index (χ0v) is 7.27. The number of H-pyrrole nitrogens is 1. The number of nitrogens with two attached hydrogens (primary N) is 1. The van der Waals surface area contributed by atoms with E-state index in [1.807, 2.05) is 0 Å². The van der Waals surface area contributed by atoms with Gasteiger partial charge in [0.15, 0.2) is 0 Å². The minimum Gasteiger partial charge on any atom is -0.358 e. The molecule has 72 valence electrons. The summed E-state index contributed by atoms with van der Waals surface area (Å²) in [5, 5.41) is 16.3. The highest BCUT2D eigenvalue weighted by Gasteiger charge is 2.26. The molecular formula is C6H10N4O3. The third-order valence-electron chi connectivity index (χ3n) is 1.67. The molecule has 0 radical (unpaired) electrons. The summed E-state index contributed by atoms with van der Waals surface area (Å²) in [5.41, 5.74) is -0.438. The summed E-state index contributed by atoms with van der Waals surface area (Å²) in [4.78, 5) is 14.3. The molecule has 1 aromatic heterocycles. The molecule has 7 heteroatoms. The molecule has 7 nitrogen and oxygen atoms in total. The number of aromatic amines is 1. The van der Waals surface area contributed by atoms with E-state index in [1.54, 1.807) is 13.8 Å². The van der Waals surface area contributed by atoms with Crippen LogP contribution in [-0.2, 0) is 10.4 Å². The van der Waals surface area contributed by atoms with Crippen LogP contribution in [0.25, 0.3) is 0 Å². The summed E-state index contributed by atoms with van der Waals surface area (Å²) in [6.45, 7) is 3.32. The average molecular weight is 186 g/mol. The van der Waals surface area contributed by atoms with Gasteiger partial charge in [0.25, 0.3) is 0 Å². The lowest BCUT2D eigenvalue weighted by molar-refractivity contribution is -0.389. The summed E-state index contributed by atoms with van der Waals surface area (Å²) in [6.07, 6.45) is 0. The second-order valence-corrected chi connectivity index (χ2v) is 3.02. The van der Waals surface area contributed by atoms with E-state index >= 15 is 0 Å². The Bertz CT molecular complexity index is 319. The molecule has 1 heterocycles. The van der Waals surface area contributed by atoms with Crippen LogP contribution in [-0.4, -0.2) is 15.1 Å². The fourth-order valence-corrected chi connectivity index (χ4v) is 0.774. The van der Waals surface area contributed by atoms with Crippen molar-refractivity contribution in [1.82, 2.24) is 10.2 Å². The Morgan fingerprint density at radius 3 is 2.77 bits per heavy atom. The van der Waals surface area contributed by atoms with Crippen molar-refractivity contribution in [3.63, 3.8) is 0 Å². The smallest absolute Gasteiger partial charge is 0.342 e. The Morgan fingerprint density at radius 2 is 2.38 bits per heavy atom. The summed E-state index contributed by atoms with van der Waals surface area (Å²) in [6, 6.07) is 1.28. The van der Waals surface area contributed by atoms with Crippen molar-refractivity contribution in [2.45, 2.75) is 19.4 Å². The summed E-state index contributed by atoms with van der Waals surface area (Å²) in [5.74, 6) is 4.82. The van der Waals surface area contributed by atoms with Crippen molar-refractivity contribution in [2.24, 2.45) is 5.90 Å². The number of hydrogen-bond donors (Lipinski definition) is 2. The molecule has 0 bridgehead atoms. The molecule has 0 aliphatic heterocycles. The predicted octanol–water partition coefficient (Wildman–Crippen LogP) is 0.443. The highest BCUT2D eigenvalue weighted by atomic mass is 16.6. The van der Waals surface area contributed by atoms with Gasteiger partial charge in [0.1, 0.15) is 11.3 Å². The van der Waals surface area contributed by atoms with Crippen molar-refractivity contribution in [3.05, 3.63) is 21.9 Å². The van der Waals surface area contributed by atoms with E-state index in [9.17, 15) is 10.1 Å². The minimum atomic E-state index is -0.829. The zero-order chi connectivity index (χ0) is 10.1. The average Bonchev–Trinajstić information content (AvgIpc) is 2.52. The number of nitrogens with zero attached hydrogens (tertiary/aromatic N) is 2. The Kier molecular flexibility index (Phi) is 2.30. The van der Waals surface area contributed by atoms with Crippen LogP contribution in [0.4, 0.5) is 5.82 Å². The van der Waals surface area contributed by atoms with Gasteiger partial charge in [-0.1, -0.05) is 5.10 Å². The SMILES string of the molecule is CC(C)(ON)c1cc([N+](=O)[O-])[nH]n1. The first kappa shape index (κ1) is 9.62. The number of hydrogen-bond acceptors (Lipinski definition) is 5. The Labute approximate surface area is 74.0 Å². The molecule has 0 aliphatic carbocycles. The second-order valence-electron chi connectivity index (χ2n) is 3.02. The third-order valence-corrected chi connectivity index (χ3v) is 1.67. The summed E-state index contributed by atoms with van der Waals surface area (Å²) >= 11 is 0. The molecule has 0 aromatic carbocycles. The normalized spacial score (nSPS) is 11.6. The van der Waals surface area contributed by atoms with Crippen molar-refractivity contribution in [3.8, 4) is 0 Å². The van der Waals surface area contributed by atoms with Gasteiger partial charge >= 0.3 is 5.82 Å². The van der Waals surface area contributed by atoms with Gasteiger partial charge < -0.3 is 10.1 Å². The maximum absolute atomic E-state index is 10.3. The Morgan fingerprint density at radius 1 is 1.77 bits per heavy atom. The largest absolute Gasteiger partial charge is 0.358 e. The summed E-state index contributed by atoms with van der Waals surface area (Å²) < 4.78 is 0. The van der Waals surface area contributed by atoms with E-state index in [0.717, 1.165) is 0 Å². The van der Waals surface area contributed by atoms with E-state index < -0.39 is 10.5 Å². The van der Waals surface area contributed by atoms with Gasteiger partial charge in [0, 0.05) is 0 Å². The summed E-state index contributed by atoms with van der Waals surface area (Å²) in [7, 11) is 0. The molecule has 0 spiro atoms. The molecule has 0 aliphatic rings. The lowest BCUT2D eigenvalue weighted by Gasteiger charge is -2.17. The fourth-order valence-electron chi connectivity index (χ4n) is 0.774. The van der Waals surface area contributed by atoms with Crippen LogP contribution in [0.3, 0.4) is 0 Å². The maximum atomic E-state index is 10.3. The molecular weight excluding hydrogens is 176 g/mol. The lowest BCUT2D eigenvalue weighted by Crippen LogP contribution is -2.25. The first-order valence-electron chi connectivity index (χ1n) is 3.55. The quantitative estimate of drug-likeness (QED) is 0.526. The molecule has 0 atom stereocenters. The third kappa shape index (κ3) is 1.82. The molecule has 1 rings (SSSR count). The first-order valence-corrected chi connectivity index (χ1v) is 3.55. The van der Waals surface area contributed by atoms with Crippen LogP contribution >= 0.6 is 0 Å². The number of rotatable bonds is 3. The molecule has 3 N–H and O–H groups in total. The van der Waals surface area contributed by atoms with Gasteiger partial charge in [-0.25, -0.2) is 5.90 Å². The lowest BCUT2D eigenvalue weighted by atomic mass is 10.1. The van der Waals surface area contributed by atoms with E-state index in [4.69, 9.17) is 5.90 Å². The zero-order valence-electron chi connectivity index (χ0n) is 7.27. The Hall–Kier alpha value is -1.47. The fraction of sp³-hybridized carbons (Fsp3) is 0.500. The standard InChI is InChI=1S/C6H10N4O3/c1-6(2,13-7)4-3-5(9-8-4)10(11)12/h3H,7H2,1-2H3,(H,8,9). The van der Waals surface area contributed by atoms with Crippen molar-refractivity contribution < 1.29 is 9.76 Å². The van der Waals surface area contributed by atoms with Crippen molar-refractivity contribution >= 4 is 5.82 Å². The molecule has 1 aromatic rings. The number of aromatic nitrogens is 2. The van der Waals surface area contributed by atoms with Gasteiger partial charge in [-0.2, -0.15) is 0 Å². The van der Waals surface area contributed by atoms with Crippen LogP contribution in [0.15, 0.2) is 6.07 Å². The van der Waals surface area contributed by atoms with Crippen LogP contribution in [0, 0.1) is 10.1 Å². The van der Waals surface area contributed by atoms with Gasteiger partial charge in [-0.15, -0.1) is 5.10 Å². The van der Waals surface area contributed by atoms with Crippen LogP contribution < -0.4 is 5.90 Å². The van der Waals surface area contributed by atoms with Gasteiger partial charge in [0.05, 0.1) is 6.07 Å². The molecule has 0 unspecified atom stereocenters. The maximum Gasteiger partial charge on any atom is 0.342 e. The van der Waals surface area contributed by atoms with E-state index in [0.29, 0.717) is 5.69 Å². The van der Waals surface area contributed by atoms with E-state index in [1.165, 1.54) is 6.07 Å². The highest BCUT2D eigenvalue weighted by molar-refractivity contribution is 5.24. The molecule has 0 saturated carbocycles. The molecule has 0 saturated heterocycles.